The maximum Gasteiger partial charge on any atom is 0.385 e. The number of hydrogen-bond donors (Lipinski definition) is 0. The summed E-state index contributed by atoms with van der Waals surface area (Å²) in [5.74, 6) is -54.9. The minimum atomic E-state index is -7.85. The van der Waals surface area contributed by atoms with Gasteiger partial charge in [0, 0.05) is 0 Å². The largest absolute Gasteiger partial charge is 0.385 e. The predicted octanol–water partition coefficient (Wildman–Crippen LogP) is 4.96. The van der Waals surface area contributed by atoms with Gasteiger partial charge < -0.3 is 0 Å². The Hall–Kier alpha value is -1.24. The van der Waals surface area contributed by atoms with Crippen molar-refractivity contribution in [3.05, 3.63) is 11.7 Å². The normalized spacial score (nSPS) is 34.6. The van der Waals surface area contributed by atoms with Crippen LogP contribution in [-0.2, 0) is 0 Å². The van der Waals surface area contributed by atoms with Crippen LogP contribution in [0, 0.1) is 0 Å². The smallest absolute Gasteiger partial charge is 0.202 e. The van der Waals surface area contributed by atoms with E-state index in [1.807, 2.05) is 0 Å². The second-order valence-corrected chi connectivity index (χ2v) is 4.07. The molecule has 130 valence electrons. The van der Waals surface area contributed by atoms with Gasteiger partial charge in [0.05, 0.1) is 0 Å². The highest BCUT2D eigenvalue weighted by atomic mass is 19.4. The topological polar surface area (TPSA) is 0 Å². The Bertz CT molecular complexity index is 465. The molecule has 0 saturated carbocycles. The Morgan fingerprint density at radius 3 is 0.727 bits per heavy atom. The lowest BCUT2D eigenvalue weighted by atomic mass is 9.87. The SMILES string of the molecule is F/C1=C(\F)C(F)(F)C(F)(F)C(F)(F)C(F)(F)C(F)(F)C1(F)F. The molecule has 0 unspecified atom stereocenters. The average molecular weight is 362 g/mol. The Morgan fingerprint density at radius 1 is 0.364 bits per heavy atom. The van der Waals surface area contributed by atoms with E-state index >= 15 is 0 Å². The predicted molar refractivity (Wildman–Crippen MR) is 38.9 cm³/mol. The molecule has 0 amide bonds. The van der Waals surface area contributed by atoms with Gasteiger partial charge in [-0.15, -0.1) is 0 Å². The lowest BCUT2D eigenvalue weighted by molar-refractivity contribution is -0.425. The summed E-state index contributed by atoms with van der Waals surface area (Å²) in [7, 11) is 0. The van der Waals surface area contributed by atoms with E-state index in [0.29, 0.717) is 0 Å². The first-order valence-electron chi connectivity index (χ1n) is 4.65. The fraction of sp³-hybridized carbons (Fsp3) is 0.750. The molecule has 1 aliphatic carbocycles. The van der Waals surface area contributed by atoms with Crippen LogP contribution in [0.1, 0.15) is 0 Å². The van der Waals surface area contributed by atoms with Gasteiger partial charge in [-0.3, -0.25) is 0 Å². The highest BCUT2D eigenvalue weighted by Gasteiger charge is 2.93. The monoisotopic (exact) mass is 362 g/mol. The van der Waals surface area contributed by atoms with E-state index in [2.05, 4.69) is 0 Å². The van der Waals surface area contributed by atoms with Crippen LogP contribution in [0.5, 0.6) is 0 Å². The van der Waals surface area contributed by atoms with E-state index in [0.717, 1.165) is 0 Å². The van der Waals surface area contributed by atoms with Gasteiger partial charge in [0.15, 0.2) is 0 Å². The van der Waals surface area contributed by atoms with Gasteiger partial charge in [-0.2, -0.15) is 52.7 Å². The maximum absolute atomic E-state index is 12.7. The zero-order valence-corrected chi connectivity index (χ0v) is 9.29. The molecule has 0 heterocycles. The molecule has 14 heteroatoms. The molecule has 1 rings (SSSR count). The Kier molecular flexibility index (Phi) is 3.58. The fourth-order valence-electron chi connectivity index (χ4n) is 1.34. The average Bonchev–Trinajstić information content (AvgIpc) is 2.34. The van der Waals surface area contributed by atoms with Crippen molar-refractivity contribution in [1.29, 1.82) is 0 Å². The molecular weight excluding hydrogens is 362 g/mol. The minimum Gasteiger partial charge on any atom is -0.202 e. The summed E-state index contributed by atoms with van der Waals surface area (Å²) < 4.78 is 178. The zero-order valence-electron chi connectivity index (χ0n) is 9.29. The molecule has 0 radical (unpaired) electrons. The van der Waals surface area contributed by atoms with Crippen molar-refractivity contribution in [3.8, 4) is 0 Å². The van der Waals surface area contributed by atoms with Gasteiger partial charge in [0.25, 0.3) is 0 Å². The minimum absolute atomic E-state index is 4.71. The molecule has 0 bridgehead atoms. The van der Waals surface area contributed by atoms with Gasteiger partial charge in [-0.1, -0.05) is 0 Å². The molecule has 0 aromatic heterocycles. The van der Waals surface area contributed by atoms with Crippen molar-refractivity contribution in [2.75, 3.05) is 0 Å². The molecule has 0 nitrogen and oxygen atoms in total. The molecule has 0 aromatic rings. The highest BCUT2D eigenvalue weighted by molar-refractivity contribution is 5.30. The number of rotatable bonds is 0. The molecular formula is C8F14. The molecule has 0 N–H and O–H groups in total. The molecule has 0 spiro atoms. The van der Waals surface area contributed by atoms with E-state index in [-0.39, 0.29) is 0 Å². The van der Waals surface area contributed by atoms with E-state index in [9.17, 15) is 61.5 Å². The standard InChI is InChI=1S/C8F14/c9-1-2(10)4(13,14)6(17,18)8(21,22)7(19,20)5(15,16)3(1,11)12/b2-1-. The molecule has 0 atom stereocenters. The Labute approximate surface area is 110 Å². The Morgan fingerprint density at radius 2 is 0.545 bits per heavy atom. The molecule has 0 saturated heterocycles. The Balaban J connectivity index is 4.02. The van der Waals surface area contributed by atoms with Gasteiger partial charge >= 0.3 is 35.5 Å². The van der Waals surface area contributed by atoms with E-state index < -0.39 is 47.2 Å². The fourth-order valence-corrected chi connectivity index (χ4v) is 1.34. The summed E-state index contributed by atoms with van der Waals surface area (Å²) in [5, 5.41) is 0. The van der Waals surface area contributed by atoms with Crippen molar-refractivity contribution in [3.63, 3.8) is 0 Å². The summed E-state index contributed by atoms with van der Waals surface area (Å²) >= 11 is 0. The molecule has 1 aliphatic rings. The second-order valence-electron chi connectivity index (χ2n) is 4.07. The molecule has 0 fully saturated rings. The van der Waals surface area contributed by atoms with Crippen LogP contribution in [0.3, 0.4) is 0 Å². The summed E-state index contributed by atoms with van der Waals surface area (Å²) in [4.78, 5) is 0. The number of hydrogen-bond acceptors (Lipinski definition) is 0. The number of alkyl halides is 12. The van der Waals surface area contributed by atoms with E-state index in [4.69, 9.17) is 0 Å². The van der Waals surface area contributed by atoms with Crippen LogP contribution < -0.4 is 0 Å². The third kappa shape index (κ3) is 1.66. The zero-order chi connectivity index (χ0) is 18.2. The third-order valence-electron chi connectivity index (χ3n) is 2.72. The maximum atomic E-state index is 12.7. The van der Waals surface area contributed by atoms with Crippen LogP contribution in [0.4, 0.5) is 61.5 Å². The highest BCUT2D eigenvalue weighted by Crippen LogP contribution is 2.64. The first-order chi connectivity index (χ1) is 9.32. The van der Waals surface area contributed by atoms with Crippen LogP contribution in [-0.4, -0.2) is 35.5 Å². The summed E-state index contributed by atoms with van der Waals surface area (Å²) in [6.07, 6.45) is 0. The first-order valence-corrected chi connectivity index (χ1v) is 4.65. The summed E-state index contributed by atoms with van der Waals surface area (Å²) in [5.41, 5.74) is 0. The van der Waals surface area contributed by atoms with E-state index in [1.165, 1.54) is 0 Å². The van der Waals surface area contributed by atoms with Gasteiger partial charge in [0.1, 0.15) is 0 Å². The van der Waals surface area contributed by atoms with Crippen molar-refractivity contribution in [2.24, 2.45) is 0 Å². The third-order valence-corrected chi connectivity index (χ3v) is 2.72. The van der Waals surface area contributed by atoms with Crippen molar-refractivity contribution in [1.82, 2.24) is 0 Å². The van der Waals surface area contributed by atoms with Crippen molar-refractivity contribution < 1.29 is 61.5 Å². The second kappa shape index (κ2) is 4.19. The number of halogens is 14. The van der Waals surface area contributed by atoms with Gasteiger partial charge in [0.2, 0.25) is 11.7 Å². The lowest BCUT2D eigenvalue weighted by Crippen LogP contribution is -2.72. The molecule has 22 heavy (non-hydrogen) atoms. The van der Waals surface area contributed by atoms with E-state index in [1.54, 1.807) is 0 Å². The van der Waals surface area contributed by atoms with Crippen LogP contribution in [0.2, 0.25) is 0 Å². The first kappa shape index (κ1) is 18.8. The molecule has 0 aromatic carbocycles. The number of allylic oxidation sites excluding steroid dienone is 2. The summed E-state index contributed by atoms with van der Waals surface area (Å²) in [6, 6.07) is 0. The van der Waals surface area contributed by atoms with Crippen LogP contribution >= 0.6 is 0 Å². The van der Waals surface area contributed by atoms with Crippen molar-refractivity contribution >= 4 is 0 Å². The lowest BCUT2D eigenvalue weighted by Gasteiger charge is -2.42. The van der Waals surface area contributed by atoms with Crippen LogP contribution in [0.25, 0.3) is 0 Å². The quantitative estimate of drug-likeness (QED) is 0.535. The van der Waals surface area contributed by atoms with Gasteiger partial charge in [-0.05, 0) is 0 Å². The van der Waals surface area contributed by atoms with Crippen LogP contribution in [0.15, 0.2) is 11.7 Å². The summed E-state index contributed by atoms with van der Waals surface area (Å²) in [6.45, 7) is 0. The molecule has 0 aliphatic heterocycles. The van der Waals surface area contributed by atoms with Crippen molar-refractivity contribution in [2.45, 2.75) is 35.5 Å². The van der Waals surface area contributed by atoms with Gasteiger partial charge in [-0.25, -0.2) is 8.78 Å².